The van der Waals surface area contributed by atoms with E-state index in [1.165, 1.54) is 24.0 Å². The zero-order valence-electron chi connectivity index (χ0n) is 15.9. The number of fused-ring (bicyclic) bond motifs is 1. The number of hydrogen-bond donors (Lipinski definition) is 2. The Morgan fingerprint density at radius 2 is 2.04 bits per heavy atom. The minimum atomic E-state index is -0.367. The van der Waals surface area contributed by atoms with Crippen LogP contribution in [0.15, 0.2) is 48.3 Å². The Hall–Kier alpha value is -1.45. The van der Waals surface area contributed by atoms with Gasteiger partial charge in [-0.25, -0.2) is 0 Å². The molecule has 0 amide bonds. The Kier molecular flexibility index (Phi) is 7.04. The van der Waals surface area contributed by atoms with Crippen molar-refractivity contribution >= 4 is 0 Å². The zero-order chi connectivity index (χ0) is 18.4. The number of nitrogens with zero attached hydrogens (tertiary/aromatic N) is 1. The van der Waals surface area contributed by atoms with Gasteiger partial charge in [0.15, 0.2) is 0 Å². The van der Waals surface area contributed by atoms with Crippen molar-refractivity contribution < 1.29 is 10.2 Å². The maximum absolute atomic E-state index is 10.4. The van der Waals surface area contributed by atoms with Crippen molar-refractivity contribution in [2.45, 2.75) is 70.5 Å². The Bertz CT molecular complexity index is 610. The second-order valence-corrected chi connectivity index (χ2v) is 8.04. The molecule has 26 heavy (non-hydrogen) atoms. The predicted octanol–water partition coefficient (Wildman–Crippen LogP) is 4.45. The van der Waals surface area contributed by atoms with Crippen LogP contribution in [0.2, 0.25) is 0 Å². The van der Waals surface area contributed by atoms with Crippen molar-refractivity contribution in [1.82, 2.24) is 4.98 Å². The fourth-order valence-corrected chi connectivity index (χ4v) is 4.60. The Morgan fingerprint density at radius 3 is 2.81 bits per heavy atom. The van der Waals surface area contributed by atoms with Gasteiger partial charge in [-0.3, -0.25) is 4.98 Å². The Balaban J connectivity index is 1.50. The van der Waals surface area contributed by atoms with E-state index in [9.17, 15) is 10.2 Å². The minimum Gasteiger partial charge on any atom is -0.392 e. The largest absolute Gasteiger partial charge is 0.392 e. The van der Waals surface area contributed by atoms with Gasteiger partial charge in [0, 0.05) is 18.3 Å². The standard InChI is InChI=1S/C23H33NO2/c1-2-3-4-5-20(25)8-9-21-22-15-18(14-19(22)16-23(21)26)7-6-17-10-12-24-13-11-17/h8-14,19-23,25-26H,2-7,15-16H2,1H3/t19-,20-,21+,22-,23+/m0/s1. The fraction of sp³-hybridized carbons (Fsp3) is 0.609. The van der Waals surface area contributed by atoms with Gasteiger partial charge >= 0.3 is 0 Å². The first kappa shape index (κ1) is 19.3. The smallest absolute Gasteiger partial charge is 0.0721 e. The van der Waals surface area contributed by atoms with E-state index in [0.29, 0.717) is 11.8 Å². The summed E-state index contributed by atoms with van der Waals surface area (Å²) in [6.45, 7) is 2.18. The highest BCUT2D eigenvalue weighted by Gasteiger charge is 2.43. The molecule has 2 aliphatic carbocycles. The van der Waals surface area contributed by atoms with Gasteiger partial charge in [-0.2, -0.15) is 0 Å². The molecule has 0 aromatic carbocycles. The summed E-state index contributed by atoms with van der Waals surface area (Å²) < 4.78 is 0. The van der Waals surface area contributed by atoms with Crippen LogP contribution < -0.4 is 0 Å². The molecule has 0 saturated heterocycles. The lowest BCUT2D eigenvalue weighted by Gasteiger charge is -2.19. The van der Waals surface area contributed by atoms with Gasteiger partial charge in [0.2, 0.25) is 0 Å². The van der Waals surface area contributed by atoms with Crippen molar-refractivity contribution in [2.75, 3.05) is 0 Å². The first-order chi connectivity index (χ1) is 12.7. The molecule has 1 aromatic heterocycles. The quantitative estimate of drug-likeness (QED) is 0.508. The van der Waals surface area contributed by atoms with E-state index in [1.807, 2.05) is 18.5 Å². The highest BCUT2D eigenvalue weighted by Crippen LogP contribution is 2.48. The molecule has 2 aliphatic rings. The second kappa shape index (κ2) is 9.48. The number of aliphatic hydroxyl groups excluding tert-OH is 2. The van der Waals surface area contributed by atoms with Crippen LogP contribution in [0.3, 0.4) is 0 Å². The summed E-state index contributed by atoms with van der Waals surface area (Å²) in [5.74, 6) is 1.20. The Labute approximate surface area is 157 Å². The lowest BCUT2D eigenvalue weighted by atomic mass is 9.88. The molecule has 142 valence electrons. The van der Waals surface area contributed by atoms with Gasteiger partial charge in [-0.05, 0) is 61.6 Å². The number of aromatic nitrogens is 1. The summed E-state index contributed by atoms with van der Waals surface area (Å²) in [7, 11) is 0. The topological polar surface area (TPSA) is 53.4 Å². The molecule has 1 fully saturated rings. The van der Waals surface area contributed by atoms with Gasteiger partial charge in [0.05, 0.1) is 12.2 Å². The molecule has 1 heterocycles. The lowest BCUT2D eigenvalue weighted by Crippen LogP contribution is -2.18. The molecule has 0 unspecified atom stereocenters. The van der Waals surface area contributed by atoms with E-state index in [0.717, 1.165) is 38.5 Å². The monoisotopic (exact) mass is 355 g/mol. The van der Waals surface area contributed by atoms with E-state index in [-0.39, 0.29) is 18.1 Å². The molecule has 0 bridgehead atoms. The number of hydrogen-bond acceptors (Lipinski definition) is 3. The number of aliphatic hydroxyl groups is 2. The van der Waals surface area contributed by atoms with Gasteiger partial charge in [-0.15, -0.1) is 0 Å². The molecule has 0 radical (unpaired) electrons. The van der Waals surface area contributed by atoms with E-state index < -0.39 is 0 Å². The van der Waals surface area contributed by atoms with Gasteiger partial charge in [-0.1, -0.05) is 50.0 Å². The normalized spacial score (nSPS) is 29.1. The first-order valence-corrected chi connectivity index (χ1v) is 10.3. The summed E-state index contributed by atoms with van der Waals surface area (Å²) in [6, 6.07) is 4.18. The number of pyridine rings is 1. The molecule has 1 saturated carbocycles. The van der Waals surface area contributed by atoms with E-state index in [2.05, 4.69) is 36.2 Å². The molecule has 0 aliphatic heterocycles. The fourth-order valence-electron chi connectivity index (χ4n) is 4.60. The van der Waals surface area contributed by atoms with E-state index in [1.54, 1.807) is 0 Å². The molecular weight excluding hydrogens is 322 g/mol. The van der Waals surface area contributed by atoms with Crippen LogP contribution in [-0.4, -0.2) is 27.4 Å². The molecule has 1 aromatic rings. The minimum absolute atomic E-state index is 0.190. The van der Waals surface area contributed by atoms with E-state index >= 15 is 0 Å². The summed E-state index contributed by atoms with van der Waals surface area (Å²) in [4.78, 5) is 4.08. The van der Waals surface area contributed by atoms with Crippen LogP contribution in [0.4, 0.5) is 0 Å². The number of rotatable bonds is 9. The number of unbranched alkanes of at least 4 members (excludes halogenated alkanes) is 2. The molecule has 5 atom stereocenters. The van der Waals surface area contributed by atoms with Crippen LogP contribution in [0.25, 0.3) is 0 Å². The first-order valence-electron chi connectivity index (χ1n) is 10.3. The van der Waals surface area contributed by atoms with Crippen molar-refractivity contribution in [2.24, 2.45) is 17.8 Å². The third-order valence-electron chi connectivity index (χ3n) is 6.09. The van der Waals surface area contributed by atoms with Gasteiger partial charge in [0.25, 0.3) is 0 Å². The SMILES string of the molecule is CCCCC[C@H](O)C=C[C@@H]1[C@H]2CC(CCc3ccncc3)=C[C@H]2C[C@H]1O. The van der Waals surface area contributed by atoms with Crippen LogP contribution in [0.1, 0.15) is 57.4 Å². The molecule has 3 rings (SSSR count). The maximum Gasteiger partial charge on any atom is 0.0721 e. The second-order valence-electron chi connectivity index (χ2n) is 8.04. The summed E-state index contributed by atoms with van der Waals surface area (Å²) in [5, 5.41) is 20.6. The van der Waals surface area contributed by atoms with Crippen molar-refractivity contribution in [3.63, 3.8) is 0 Å². The lowest BCUT2D eigenvalue weighted by molar-refractivity contribution is 0.139. The highest BCUT2D eigenvalue weighted by molar-refractivity contribution is 5.22. The van der Waals surface area contributed by atoms with Crippen LogP contribution in [0.5, 0.6) is 0 Å². The van der Waals surface area contributed by atoms with Crippen molar-refractivity contribution in [3.05, 3.63) is 53.9 Å². The van der Waals surface area contributed by atoms with E-state index in [4.69, 9.17) is 0 Å². The van der Waals surface area contributed by atoms with Crippen LogP contribution in [0, 0.1) is 17.8 Å². The predicted molar refractivity (Wildman–Crippen MR) is 106 cm³/mol. The molecular formula is C23H33NO2. The van der Waals surface area contributed by atoms with Crippen LogP contribution >= 0.6 is 0 Å². The maximum atomic E-state index is 10.4. The Morgan fingerprint density at radius 1 is 1.23 bits per heavy atom. The van der Waals surface area contributed by atoms with Gasteiger partial charge in [0.1, 0.15) is 0 Å². The molecule has 3 nitrogen and oxygen atoms in total. The highest BCUT2D eigenvalue weighted by atomic mass is 16.3. The summed E-state index contributed by atoms with van der Waals surface area (Å²) >= 11 is 0. The third kappa shape index (κ3) is 5.05. The molecule has 2 N–H and O–H groups in total. The summed E-state index contributed by atoms with van der Waals surface area (Å²) in [5.41, 5.74) is 2.87. The molecule has 3 heteroatoms. The number of aryl methyl sites for hydroxylation is 1. The van der Waals surface area contributed by atoms with Crippen molar-refractivity contribution in [1.29, 1.82) is 0 Å². The molecule has 0 spiro atoms. The van der Waals surface area contributed by atoms with Crippen molar-refractivity contribution in [3.8, 4) is 0 Å². The van der Waals surface area contributed by atoms with Gasteiger partial charge < -0.3 is 10.2 Å². The average molecular weight is 356 g/mol. The third-order valence-corrected chi connectivity index (χ3v) is 6.09. The van der Waals surface area contributed by atoms with Crippen LogP contribution in [-0.2, 0) is 6.42 Å². The number of allylic oxidation sites excluding steroid dienone is 2. The summed E-state index contributed by atoms with van der Waals surface area (Å²) in [6.07, 6.45) is 17.9. The average Bonchev–Trinajstić information content (AvgIpc) is 3.16. The zero-order valence-corrected chi connectivity index (χ0v) is 15.9.